The van der Waals surface area contributed by atoms with Crippen molar-refractivity contribution in [3.05, 3.63) is 50.7 Å². The number of carbonyl (C=O) groups is 1. The first-order valence-electron chi connectivity index (χ1n) is 5.55. The van der Waals surface area contributed by atoms with E-state index >= 15 is 0 Å². The molecule has 4 heteroatoms. The molecule has 0 amide bonds. The molecule has 0 fully saturated rings. The minimum absolute atomic E-state index is 0.182. The minimum Gasteiger partial charge on any atom is -0.293 e. The molecule has 1 aromatic heterocycles. The van der Waals surface area contributed by atoms with Gasteiger partial charge in [0.05, 0.1) is 5.75 Å². The van der Waals surface area contributed by atoms with Crippen molar-refractivity contribution in [2.45, 2.75) is 18.7 Å². The molecule has 94 valence electrons. The molecule has 2 aromatic rings. The third-order valence-electron chi connectivity index (χ3n) is 2.51. The summed E-state index contributed by atoms with van der Waals surface area (Å²) in [6, 6.07) is 9.55. The zero-order valence-corrected chi connectivity index (χ0v) is 12.6. The number of thioether (sulfide) groups is 1. The molecule has 1 nitrogen and oxygen atoms in total. The Morgan fingerprint density at radius 3 is 2.72 bits per heavy atom. The second kappa shape index (κ2) is 5.91. The molecule has 0 saturated carbocycles. The molecular formula is C14H13ClOS2. The van der Waals surface area contributed by atoms with Crippen LogP contribution in [0.2, 0.25) is 5.02 Å². The summed E-state index contributed by atoms with van der Waals surface area (Å²) < 4.78 is 0. The van der Waals surface area contributed by atoms with Gasteiger partial charge in [-0.25, -0.2) is 0 Å². The Morgan fingerprint density at radius 1 is 1.33 bits per heavy atom. The number of benzene rings is 1. The Balaban J connectivity index is 2.03. The predicted octanol–water partition coefficient (Wildman–Crippen LogP) is 4.99. The smallest absolute Gasteiger partial charge is 0.174 e. The summed E-state index contributed by atoms with van der Waals surface area (Å²) in [5, 5.41) is 0.704. The molecule has 0 unspecified atom stereocenters. The van der Waals surface area contributed by atoms with Gasteiger partial charge in [0.15, 0.2) is 5.78 Å². The van der Waals surface area contributed by atoms with Gasteiger partial charge in [-0.3, -0.25) is 4.79 Å². The summed E-state index contributed by atoms with van der Waals surface area (Å²) in [5.41, 5.74) is 0.854. The fourth-order valence-electron chi connectivity index (χ4n) is 1.69. The molecule has 0 bridgehead atoms. The predicted molar refractivity (Wildman–Crippen MR) is 80.3 cm³/mol. The lowest BCUT2D eigenvalue weighted by molar-refractivity contribution is 0.102. The van der Waals surface area contributed by atoms with Gasteiger partial charge in [-0.2, -0.15) is 0 Å². The summed E-state index contributed by atoms with van der Waals surface area (Å²) in [6.45, 7) is 4.02. The van der Waals surface area contributed by atoms with Gasteiger partial charge in [0.25, 0.3) is 0 Å². The van der Waals surface area contributed by atoms with E-state index in [2.05, 4.69) is 0 Å². The molecule has 0 N–H and O–H groups in total. The summed E-state index contributed by atoms with van der Waals surface area (Å²) in [7, 11) is 0. The maximum atomic E-state index is 12.1. The SMILES string of the molecule is Cc1cc(C(=O)CSc2cccc(Cl)c2)c(C)s1. The van der Waals surface area contributed by atoms with Crippen LogP contribution >= 0.6 is 34.7 Å². The van der Waals surface area contributed by atoms with E-state index in [1.54, 1.807) is 11.3 Å². The van der Waals surface area contributed by atoms with Crippen LogP contribution in [0, 0.1) is 13.8 Å². The van der Waals surface area contributed by atoms with Crippen molar-refractivity contribution < 1.29 is 4.79 Å². The minimum atomic E-state index is 0.182. The molecule has 0 atom stereocenters. The van der Waals surface area contributed by atoms with E-state index in [0.29, 0.717) is 10.8 Å². The number of hydrogen-bond acceptors (Lipinski definition) is 3. The van der Waals surface area contributed by atoms with Gasteiger partial charge in [-0.1, -0.05) is 17.7 Å². The molecule has 0 saturated heterocycles. The molecule has 0 aliphatic heterocycles. The normalized spacial score (nSPS) is 10.6. The molecule has 1 aromatic carbocycles. The molecule has 18 heavy (non-hydrogen) atoms. The van der Waals surface area contributed by atoms with Crippen molar-refractivity contribution in [3.8, 4) is 0 Å². The van der Waals surface area contributed by atoms with Crippen LogP contribution in [-0.2, 0) is 0 Å². The highest BCUT2D eigenvalue weighted by Crippen LogP contribution is 2.25. The maximum Gasteiger partial charge on any atom is 0.174 e. The van der Waals surface area contributed by atoms with Crippen LogP contribution in [0.3, 0.4) is 0 Å². The number of Topliss-reactive ketones (excluding diaryl/α,β-unsaturated/α-hetero) is 1. The van der Waals surface area contributed by atoms with E-state index in [-0.39, 0.29) is 5.78 Å². The van der Waals surface area contributed by atoms with Gasteiger partial charge in [0.2, 0.25) is 0 Å². The van der Waals surface area contributed by atoms with Crippen molar-refractivity contribution in [1.82, 2.24) is 0 Å². The highest BCUT2D eigenvalue weighted by molar-refractivity contribution is 8.00. The van der Waals surface area contributed by atoms with Gasteiger partial charge in [-0.15, -0.1) is 23.1 Å². The van der Waals surface area contributed by atoms with Crippen LogP contribution in [0.1, 0.15) is 20.1 Å². The lowest BCUT2D eigenvalue weighted by atomic mass is 10.2. The largest absolute Gasteiger partial charge is 0.293 e. The summed E-state index contributed by atoms with van der Waals surface area (Å²) in [6.07, 6.45) is 0. The van der Waals surface area contributed by atoms with Crippen molar-refractivity contribution in [2.24, 2.45) is 0 Å². The Kier molecular flexibility index (Phi) is 4.49. The molecule has 0 radical (unpaired) electrons. The van der Waals surface area contributed by atoms with E-state index < -0.39 is 0 Å². The van der Waals surface area contributed by atoms with Crippen LogP contribution < -0.4 is 0 Å². The first-order valence-corrected chi connectivity index (χ1v) is 7.73. The Bertz CT molecular complexity index is 575. The topological polar surface area (TPSA) is 17.1 Å². The number of hydrogen-bond donors (Lipinski definition) is 0. The second-order valence-electron chi connectivity index (χ2n) is 4.00. The van der Waals surface area contributed by atoms with Crippen molar-refractivity contribution in [3.63, 3.8) is 0 Å². The lowest BCUT2D eigenvalue weighted by Gasteiger charge is -2.01. The van der Waals surface area contributed by atoms with Gasteiger partial charge in [-0.05, 0) is 38.1 Å². The highest BCUT2D eigenvalue weighted by Gasteiger charge is 2.12. The van der Waals surface area contributed by atoms with Crippen LogP contribution in [0.25, 0.3) is 0 Å². The van der Waals surface area contributed by atoms with E-state index in [0.717, 1.165) is 15.3 Å². The number of aryl methyl sites for hydroxylation is 2. The number of rotatable bonds is 4. The average Bonchev–Trinajstić information content (AvgIpc) is 2.66. The standard InChI is InChI=1S/C14H13ClOS2/c1-9-6-13(10(2)18-9)14(16)8-17-12-5-3-4-11(15)7-12/h3-7H,8H2,1-2H3. The molecule has 0 aliphatic carbocycles. The zero-order chi connectivity index (χ0) is 13.1. The summed E-state index contributed by atoms with van der Waals surface area (Å²) in [5.74, 6) is 0.638. The van der Waals surface area contributed by atoms with E-state index in [4.69, 9.17) is 11.6 Å². The molecule has 2 rings (SSSR count). The average molecular weight is 297 g/mol. The number of halogens is 1. The third kappa shape index (κ3) is 3.37. The first-order chi connectivity index (χ1) is 8.56. The number of carbonyl (C=O) groups excluding carboxylic acids is 1. The Labute approximate surface area is 120 Å². The summed E-state index contributed by atoms with van der Waals surface area (Å²) >= 11 is 9.11. The van der Waals surface area contributed by atoms with Crippen molar-refractivity contribution >= 4 is 40.5 Å². The Morgan fingerprint density at radius 2 is 2.11 bits per heavy atom. The fraction of sp³-hybridized carbons (Fsp3) is 0.214. The van der Waals surface area contributed by atoms with Crippen molar-refractivity contribution in [2.75, 3.05) is 5.75 Å². The molecule has 0 aliphatic rings. The number of thiophene rings is 1. The quantitative estimate of drug-likeness (QED) is 0.584. The molecule has 0 spiro atoms. The maximum absolute atomic E-state index is 12.1. The second-order valence-corrected chi connectivity index (χ2v) is 6.94. The number of ketones is 1. The van der Waals surface area contributed by atoms with Crippen molar-refractivity contribution in [1.29, 1.82) is 0 Å². The van der Waals surface area contributed by atoms with Gasteiger partial charge < -0.3 is 0 Å². The lowest BCUT2D eigenvalue weighted by Crippen LogP contribution is -2.02. The van der Waals surface area contributed by atoms with Gasteiger partial charge in [0, 0.05) is 25.2 Å². The zero-order valence-electron chi connectivity index (χ0n) is 10.2. The molecular weight excluding hydrogens is 284 g/mol. The first kappa shape index (κ1) is 13.7. The summed E-state index contributed by atoms with van der Waals surface area (Å²) in [4.78, 5) is 15.4. The van der Waals surface area contributed by atoms with Crippen LogP contribution in [0.5, 0.6) is 0 Å². The molecule has 1 heterocycles. The highest BCUT2D eigenvalue weighted by atomic mass is 35.5. The van der Waals surface area contributed by atoms with E-state index in [1.807, 2.05) is 44.2 Å². The monoisotopic (exact) mass is 296 g/mol. The Hall–Kier alpha value is -0.770. The third-order valence-corrected chi connectivity index (χ3v) is 4.70. The van der Waals surface area contributed by atoms with Gasteiger partial charge >= 0.3 is 0 Å². The van der Waals surface area contributed by atoms with E-state index in [1.165, 1.54) is 16.6 Å². The van der Waals surface area contributed by atoms with Gasteiger partial charge in [0.1, 0.15) is 0 Å². The van der Waals surface area contributed by atoms with E-state index in [9.17, 15) is 4.79 Å². The van der Waals surface area contributed by atoms with Crippen LogP contribution in [-0.4, -0.2) is 11.5 Å². The fourth-order valence-corrected chi connectivity index (χ4v) is 3.73. The van der Waals surface area contributed by atoms with Crippen LogP contribution in [0.15, 0.2) is 35.2 Å². The van der Waals surface area contributed by atoms with Crippen LogP contribution in [0.4, 0.5) is 0 Å².